The van der Waals surface area contributed by atoms with Crippen molar-refractivity contribution in [2.75, 3.05) is 24.7 Å². The highest BCUT2D eigenvalue weighted by Crippen LogP contribution is 2.29. The number of nitrogens with zero attached hydrogens (tertiary/aromatic N) is 1. The summed E-state index contributed by atoms with van der Waals surface area (Å²) >= 11 is 0. The van der Waals surface area contributed by atoms with E-state index in [2.05, 4.69) is 0 Å². The molecule has 0 bridgehead atoms. The molecule has 9 heteroatoms. The van der Waals surface area contributed by atoms with Gasteiger partial charge in [-0.1, -0.05) is 6.92 Å². The summed E-state index contributed by atoms with van der Waals surface area (Å²) in [7, 11) is 0. The van der Waals surface area contributed by atoms with Crippen LogP contribution in [-0.4, -0.2) is 43.8 Å². The molecule has 1 amide bonds. The van der Waals surface area contributed by atoms with Crippen molar-refractivity contribution in [3.63, 3.8) is 0 Å². The van der Waals surface area contributed by atoms with Gasteiger partial charge in [0.05, 0.1) is 24.4 Å². The number of anilines is 1. The lowest BCUT2D eigenvalue weighted by Crippen LogP contribution is -2.27. The Kier molecular flexibility index (Phi) is 6.96. The summed E-state index contributed by atoms with van der Waals surface area (Å²) in [6.45, 7) is 4.38. The van der Waals surface area contributed by atoms with Crippen molar-refractivity contribution in [3.05, 3.63) is 48.0 Å². The fraction of sp³-hybridized carbons (Fsp3) is 0.318. The largest absolute Gasteiger partial charge is 0.494 e. The predicted molar refractivity (Wildman–Crippen MR) is 114 cm³/mol. The number of carbonyl (C=O) groups excluding carboxylic acids is 2. The first-order valence-corrected chi connectivity index (χ1v) is 9.88. The Bertz CT molecular complexity index is 960. The fourth-order valence-electron chi connectivity index (χ4n) is 3.00. The maximum atomic E-state index is 12.4. The van der Waals surface area contributed by atoms with E-state index in [9.17, 15) is 9.59 Å². The summed E-state index contributed by atoms with van der Waals surface area (Å²) in [6, 6.07) is 11.9. The number of hydrogen-bond acceptors (Lipinski definition) is 7. The van der Waals surface area contributed by atoms with Crippen molar-refractivity contribution < 1.29 is 28.5 Å². The highest BCUT2D eigenvalue weighted by molar-refractivity contribution is 5.99. The van der Waals surface area contributed by atoms with Crippen LogP contribution in [0.4, 0.5) is 10.5 Å². The van der Waals surface area contributed by atoms with Crippen LogP contribution in [0.3, 0.4) is 0 Å². The lowest BCUT2D eigenvalue weighted by molar-refractivity contribution is -0.131. The Morgan fingerprint density at radius 2 is 1.87 bits per heavy atom. The Morgan fingerprint density at radius 3 is 2.48 bits per heavy atom. The molecule has 1 fully saturated rings. The van der Waals surface area contributed by atoms with Crippen LogP contribution in [0.25, 0.3) is 0 Å². The third-order valence-corrected chi connectivity index (χ3v) is 4.43. The first kappa shape index (κ1) is 21.9. The summed E-state index contributed by atoms with van der Waals surface area (Å²) in [5.74, 6) is 0.715. The Balaban J connectivity index is 1.63. The molecule has 0 radical (unpaired) electrons. The molecule has 2 aromatic rings. The van der Waals surface area contributed by atoms with E-state index in [4.69, 9.17) is 30.1 Å². The molecule has 3 N–H and O–H groups in total. The van der Waals surface area contributed by atoms with E-state index >= 15 is 0 Å². The van der Waals surface area contributed by atoms with Crippen LogP contribution in [0.1, 0.15) is 25.8 Å². The zero-order chi connectivity index (χ0) is 22.4. The number of esters is 1. The van der Waals surface area contributed by atoms with Gasteiger partial charge in [-0.25, -0.2) is 4.79 Å². The number of rotatable bonds is 9. The average Bonchev–Trinajstić information content (AvgIpc) is 3.11. The van der Waals surface area contributed by atoms with E-state index in [0.29, 0.717) is 18.0 Å². The van der Waals surface area contributed by atoms with Crippen LogP contribution in [0.2, 0.25) is 0 Å². The van der Waals surface area contributed by atoms with Crippen molar-refractivity contribution in [2.24, 2.45) is 5.73 Å². The molecule has 2 aromatic carbocycles. The summed E-state index contributed by atoms with van der Waals surface area (Å²) in [5.41, 5.74) is 6.26. The molecule has 9 nitrogen and oxygen atoms in total. The molecule has 1 unspecified atom stereocenters. The molecule has 1 saturated heterocycles. The minimum atomic E-state index is -0.555. The van der Waals surface area contributed by atoms with Crippen molar-refractivity contribution in [3.8, 4) is 17.2 Å². The highest BCUT2D eigenvalue weighted by atomic mass is 16.6. The van der Waals surface area contributed by atoms with Crippen molar-refractivity contribution in [2.45, 2.75) is 26.4 Å². The second kappa shape index (κ2) is 9.84. The minimum Gasteiger partial charge on any atom is -0.494 e. The summed E-state index contributed by atoms with van der Waals surface area (Å²) in [4.78, 5) is 25.1. The first-order chi connectivity index (χ1) is 14.9. The van der Waals surface area contributed by atoms with Gasteiger partial charge in [-0.3, -0.25) is 15.1 Å². The van der Waals surface area contributed by atoms with Crippen LogP contribution >= 0.6 is 0 Å². The second-order valence-electron chi connectivity index (χ2n) is 6.94. The van der Waals surface area contributed by atoms with Crippen molar-refractivity contribution >= 4 is 23.6 Å². The molecule has 1 atom stereocenters. The molecule has 1 aliphatic rings. The number of cyclic esters (lactones) is 1. The normalized spacial score (nSPS) is 15.4. The molecule has 31 heavy (non-hydrogen) atoms. The van der Waals surface area contributed by atoms with Gasteiger partial charge in [-0.05, 0) is 42.8 Å². The lowest BCUT2D eigenvalue weighted by Gasteiger charge is -2.16. The maximum absolute atomic E-state index is 12.4. The number of benzene rings is 2. The van der Waals surface area contributed by atoms with Gasteiger partial charge >= 0.3 is 12.1 Å². The van der Waals surface area contributed by atoms with Crippen LogP contribution in [0, 0.1) is 5.41 Å². The number of ether oxygens (including phenoxy) is 4. The van der Waals surface area contributed by atoms with E-state index in [1.54, 1.807) is 18.2 Å². The molecular formula is C22H25N3O6. The number of carbonyl (C=O) groups is 2. The summed E-state index contributed by atoms with van der Waals surface area (Å²) in [5, 5.41) is 7.61. The molecular weight excluding hydrogens is 402 g/mol. The van der Waals surface area contributed by atoms with Gasteiger partial charge in [0.1, 0.15) is 29.7 Å². The van der Waals surface area contributed by atoms with Gasteiger partial charge in [-0.15, -0.1) is 0 Å². The fourth-order valence-corrected chi connectivity index (χ4v) is 3.00. The van der Waals surface area contributed by atoms with E-state index in [-0.39, 0.29) is 30.3 Å². The zero-order valence-electron chi connectivity index (χ0n) is 17.4. The number of nitrogens with one attached hydrogen (secondary N) is 1. The lowest BCUT2D eigenvalue weighted by atomic mass is 10.1. The third-order valence-electron chi connectivity index (χ3n) is 4.43. The molecule has 164 valence electrons. The van der Waals surface area contributed by atoms with Crippen LogP contribution in [0.5, 0.6) is 17.2 Å². The van der Waals surface area contributed by atoms with Gasteiger partial charge in [0, 0.05) is 13.0 Å². The van der Waals surface area contributed by atoms with Crippen molar-refractivity contribution in [1.82, 2.24) is 0 Å². The first-order valence-electron chi connectivity index (χ1n) is 9.88. The van der Waals surface area contributed by atoms with E-state index in [1.165, 1.54) is 24.0 Å². The van der Waals surface area contributed by atoms with Gasteiger partial charge in [0.2, 0.25) is 0 Å². The average molecular weight is 427 g/mol. The Labute approximate surface area is 180 Å². The predicted octanol–water partition coefficient (Wildman–Crippen LogP) is 3.09. The van der Waals surface area contributed by atoms with Crippen LogP contribution in [-0.2, 0) is 9.53 Å². The van der Waals surface area contributed by atoms with Gasteiger partial charge in [0.25, 0.3) is 0 Å². The number of hydrogen-bond donors (Lipinski definition) is 2. The molecule has 0 aromatic heterocycles. The standard InChI is InChI=1S/C22H25N3O6/c1-3-10-28-16-5-7-17(8-6-16)29-13-18-12-25(22(27)31-18)15-4-9-19(21(23)24)20(11-15)30-14(2)26/h4-9,11,18H,3,10,12-13H2,1-2H3,(H3,23,24). The SMILES string of the molecule is CCCOc1ccc(OCC2CN(c3ccc(C(=N)N)c(OC(C)=O)c3)C(=O)O2)cc1. The van der Waals surface area contributed by atoms with E-state index < -0.39 is 18.2 Å². The molecule has 3 rings (SSSR count). The van der Waals surface area contributed by atoms with Gasteiger partial charge < -0.3 is 24.7 Å². The molecule has 1 heterocycles. The van der Waals surface area contributed by atoms with Crippen LogP contribution < -0.4 is 24.8 Å². The highest BCUT2D eigenvalue weighted by Gasteiger charge is 2.33. The van der Waals surface area contributed by atoms with Gasteiger partial charge in [-0.2, -0.15) is 0 Å². The third kappa shape index (κ3) is 5.65. The quantitative estimate of drug-likeness (QED) is 0.273. The monoisotopic (exact) mass is 427 g/mol. The molecule has 1 aliphatic heterocycles. The molecule has 0 saturated carbocycles. The van der Waals surface area contributed by atoms with Crippen molar-refractivity contribution in [1.29, 1.82) is 5.41 Å². The smallest absolute Gasteiger partial charge is 0.414 e. The second-order valence-corrected chi connectivity index (χ2v) is 6.94. The Morgan fingerprint density at radius 1 is 1.19 bits per heavy atom. The maximum Gasteiger partial charge on any atom is 0.414 e. The van der Waals surface area contributed by atoms with E-state index in [0.717, 1.165) is 12.2 Å². The summed E-state index contributed by atoms with van der Waals surface area (Å²) in [6.07, 6.45) is -0.0868. The Hall–Kier alpha value is -3.75. The number of nitrogen functional groups attached to an aromatic ring is 1. The van der Waals surface area contributed by atoms with Gasteiger partial charge in [0.15, 0.2) is 6.10 Å². The zero-order valence-corrected chi connectivity index (χ0v) is 17.4. The minimum absolute atomic E-state index is 0.107. The van der Waals surface area contributed by atoms with Crippen LogP contribution in [0.15, 0.2) is 42.5 Å². The summed E-state index contributed by atoms with van der Waals surface area (Å²) < 4.78 is 21.8. The number of amides is 1. The number of amidine groups is 1. The molecule has 0 aliphatic carbocycles. The molecule has 0 spiro atoms. The topological polar surface area (TPSA) is 124 Å². The number of nitrogens with two attached hydrogens (primary N) is 1. The van der Waals surface area contributed by atoms with E-state index in [1.807, 2.05) is 19.1 Å².